The highest BCUT2D eigenvalue weighted by Crippen LogP contribution is 2.46. The van der Waals surface area contributed by atoms with E-state index in [1.807, 2.05) is 19.1 Å². The average Bonchev–Trinajstić information content (AvgIpc) is 3.56. The van der Waals surface area contributed by atoms with E-state index in [2.05, 4.69) is 11.9 Å². The number of fused-ring (bicyclic) bond motifs is 1. The second-order valence-corrected chi connectivity index (χ2v) is 10.9. The molecule has 0 bridgehead atoms. The molecule has 2 N–H and O–H groups in total. The molecule has 0 saturated heterocycles. The molecule has 1 aromatic heterocycles. The van der Waals surface area contributed by atoms with E-state index in [0.29, 0.717) is 34.6 Å². The van der Waals surface area contributed by atoms with Crippen molar-refractivity contribution in [2.24, 2.45) is 17.8 Å². The third-order valence-corrected chi connectivity index (χ3v) is 8.34. The van der Waals surface area contributed by atoms with Gasteiger partial charge in [0.05, 0.1) is 43.6 Å². The van der Waals surface area contributed by atoms with Crippen LogP contribution in [0.25, 0.3) is 22.3 Å². The SMILES string of the molecule is C=C[C@@H]1C[C@]1(NC(=O)[C@@H]1C[C@@H](Oc2nc(-c3ccc(OC)cc3)nc3c(C)c(OC)ccc23)C[C@H]1C(=O)O)C(=O)OCC. The zero-order valence-electron chi connectivity index (χ0n) is 24.6. The maximum absolute atomic E-state index is 13.5. The topological polar surface area (TPSA) is 146 Å². The van der Waals surface area contributed by atoms with Crippen molar-refractivity contribution in [1.29, 1.82) is 0 Å². The van der Waals surface area contributed by atoms with Crippen molar-refractivity contribution in [2.45, 2.75) is 44.8 Å². The van der Waals surface area contributed by atoms with E-state index >= 15 is 0 Å². The highest BCUT2D eigenvalue weighted by Gasteiger charge is 2.62. The van der Waals surface area contributed by atoms with Crippen LogP contribution in [-0.2, 0) is 19.1 Å². The van der Waals surface area contributed by atoms with E-state index in [0.717, 1.165) is 11.1 Å². The molecule has 0 unspecified atom stereocenters. The number of rotatable bonds is 11. The number of esters is 1. The Bertz CT molecular complexity index is 1570. The molecule has 0 spiro atoms. The normalized spacial score (nSPS) is 24.2. The minimum absolute atomic E-state index is 0.0865. The number of hydrogen-bond donors (Lipinski definition) is 2. The van der Waals surface area contributed by atoms with Gasteiger partial charge in [0.15, 0.2) is 5.82 Å². The van der Waals surface area contributed by atoms with Gasteiger partial charge in [-0.2, -0.15) is 4.98 Å². The number of nitrogens with zero attached hydrogens (tertiary/aromatic N) is 2. The summed E-state index contributed by atoms with van der Waals surface area (Å²) < 4.78 is 22.4. The van der Waals surface area contributed by atoms with Gasteiger partial charge in [-0.25, -0.2) is 9.78 Å². The van der Waals surface area contributed by atoms with Crippen molar-refractivity contribution < 1.29 is 38.4 Å². The summed E-state index contributed by atoms with van der Waals surface area (Å²) in [6.45, 7) is 7.48. The molecular formula is C32H35N3O8. The van der Waals surface area contributed by atoms with Gasteiger partial charge < -0.3 is 29.4 Å². The van der Waals surface area contributed by atoms with Gasteiger partial charge in [0.2, 0.25) is 11.8 Å². The number of carboxylic acid groups (broad SMARTS) is 1. The molecule has 2 fully saturated rings. The van der Waals surface area contributed by atoms with Gasteiger partial charge >= 0.3 is 11.9 Å². The molecule has 11 heteroatoms. The summed E-state index contributed by atoms with van der Waals surface area (Å²) in [6.07, 6.45) is 1.54. The standard InChI is InChI=1S/C32H35N3O8/c1-6-19-16-32(19,31(39)42-7-2)35-28(36)23-14-21(15-24(23)30(37)38)43-29-22-12-13-25(41-5)17(3)26(22)33-27(34-29)18-8-10-20(40-4)11-9-18/h6,8-13,19,21,23-24H,1,7,14-16H2,2-5H3,(H,35,36)(H,37,38)/t19-,21-,23-,24-,32-/m1/s1. The summed E-state index contributed by atoms with van der Waals surface area (Å²) in [5.41, 5.74) is 0.925. The third-order valence-electron chi connectivity index (χ3n) is 8.34. The van der Waals surface area contributed by atoms with Crippen molar-refractivity contribution in [3.05, 3.63) is 54.6 Å². The Labute approximate surface area is 249 Å². The highest BCUT2D eigenvalue weighted by molar-refractivity contribution is 5.94. The maximum atomic E-state index is 13.5. The van der Waals surface area contributed by atoms with Gasteiger partial charge in [-0.3, -0.25) is 9.59 Å². The number of methoxy groups -OCH3 is 2. The smallest absolute Gasteiger partial charge is 0.332 e. The van der Waals surface area contributed by atoms with Gasteiger partial charge in [-0.15, -0.1) is 6.58 Å². The van der Waals surface area contributed by atoms with Crippen LogP contribution in [-0.4, -0.2) is 65.4 Å². The lowest BCUT2D eigenvalue weighted by molar-refractivity contribution is -0.150. The number of nitrogens with one attached hydrogen (secondary N) is 1. The van der Waals surface area contributed by atoms with Gasteiger partial charge in [0.25, 0.3) is 0 Å². The lowest BCUT2D eigenvalue weighted by Gasteiger charge is -2.21. The van der Waals surface area contributed by atoms with Crippen LogP contribution >= 0.6 is 0 Å². The van der Waals surface area contributed by atoms with Crippen molar-refractivity contribution in [1.82, 2.24) is 15.3 Å². The second kappa shape index (κ2) is 11.9. The molecule has 0 radical (unpaired) electrons. The molecule has 43 heavy (non-hydrogen) atoms. The van der Waals surface area contributed by atoms with Crippen LogP contribution in [0.15, 0.2) is 49.1 Å². The van der Waals surface area contributed by atoms with Crippen LogP contribution in [0.4, 0.5) is 0 Å². The number of carbonyl (C=O) groups is 3. The monoisotopic (exact) mass is 589 g/mol. The largest absolute Gasteiger partial charge is 0.497 e. The number of ether oxygens (including phenoxy) is 4. The minimum Gasteiger partial charge on any atom is -0.497 e. The van der Waals surface area contributed by atoms with Gasteiger partial charge in [-0.1, -0.05) is 6.08 Å². The summed E-state index contributed by atoms with van der Waals surface area (Å²) in [7, 11) is 3.17. The molecule has 2 aliphatic rings. The predicted molar refractivity (Wildman–Crippen MR) is 157 cm³/mol. The van der Waals surface area contributed by atoms with Crippen LogP contribution in [0.3, 0.4) is 0 Å². The number of hydrogen-bond acceptors (Lipinski definition) is 9. The lowest BCUT2D eigenvalue weighted by atomic mass is 9.94. The van der Waals surface area contributed by atoms with Crippen molar-refractivity contribution >= 4 is 28.7 Å². The molecule has 226 valence electrons. The van der Waals surface area contributed by atoms with Gasteiger partial charge in [0, 0.05) is 17.0 Å². The van der Waals surface area contributed by atoms with Gasteiger partial charge in [-0.05, 0) is 69.5 Å². The first-order valence-corrected chi connectivity index (χ1v) is 14.2. The second-order valence-electron chi connectivity index (χ2n) is 10.9. The lowest BCUT2D eigenvalue weighted by Crippen LogP contribution is -2.49. The molecular weight excluding hydrogens is 554 g/mol. The van der Waals surface area contributed by atoms with E-state index in [4.69, 9.17) is 28.9 Å². The molecule has 1 amide bonds. The summed E-state index contributed by atoms with van der Waals surface area (Å²) >= 11 is 0. The number of aryl methyl sites for hydroxylation is 1. The van der Waals surface area contributed by atoms with Crippen LogP contribution < -0.4 is 19.5 Å². The number of aliphatic carboxylic acids is 1. The molecule has 0 aliphatic heterocycles. The first-order valence-electron chi connectivity index (χ1n) is 14.2. The first kappa shape index (κ1) is 29.8. The van der Waals surface area contributed by atoms with E-state index in [1.54, 1.807) is 51.5 Å². The van der Waals surface area contributed by atoms with Crippen molar-refractivity contribution in [3.63, 3.8) is 0 Å². The van der Waals surface area contributed by atoms with E-state index in [-0.39, 0.29) is 31.2 Å². The fourth-order valence-electron chi connectivity index (χ4n) is 5.85. The zero-order valence-corrected chi connectivity index (χ0v) is 24.6. The Kier molecular flexibility index (Phi) is 8.25. The summed E-state index contributed by atoms with van der Waals surface area (Å²) in [4.78, 5) is 48.0. The Morgan fingerprint density at radius 1 is 1.07 bits per heavy atom. The molecule has 2 aliphatic carbocycles. The summed E-state index contributed by atoms with van der Waals surface area (Å²) in [5.74, 6) is -2.39. The first-order chi connectivity index (χ1) is 20.6. The summed E-state index contributed by atoms with van der Waals surface area (Å²) in [5, 5.41) is 13.5. The molecule has 5 rings (SSSR count). The van der Waals surface area contributed by atoms with Crippen LogP contribution in [0.1, 0.15) is 31.7 Å². The van der Waals surface area contributed by atoms with E-state index in [1.165, 1.54) is 0 Å². The number of benzene rings is 2. The Morgan fingerprint density at radius 2 is 1.79 bits per heavy atom. The fourth-order valence-corrected chi connectivity index (χ4v) is 5.85. The Hall–Kier alpha value is -4.67. The number of carbonyl (C=O) groups excluding carboxylic acids is 2. The van der Waals surface area contributed by atoms with Crippen LogP contribution in [0.5, 0.6) is 17.4 Å². The predicted octanol–water partition coefficient (Wildman–Crippen LogP) is 4.10. The average molecular weight is 590 g/mol. The van der Waals surface area contributed by atoms with Crippen molar-refractivity contribution in [3.8, 4) is 28.8 Å². The molecule has 3 aromatic rings. The molecule has 2 aromatic carbocycles. The third kappa shape index (κ3) is 5.59. The molecule has 5 atom stereocenters. The van der Waals surface area contributed by atoms with Gasteiger partial charge in [0.1, 0.15) is 23.1 Å². The van der Waals surface area contributed by atoms with Crippen molar-refractivity contribution in [2.75, 3.05) is 20.8 Å². The maximum Gasteiger partial charge on any atom is 0.332 e. The minimum atomic E-state index is -1.22. The number of carboxylic acids is 1. The van der Waals surface area contributed by atoms with Crippen LogP contribution in [0.2, 0.25) is 0 Å². The van der Waals surface area contributed by atoms with E-state index in [9.17, 15) is 19.5 Å². The molecule has 1 heterocycles. The highest BCUT2D eigenvalue weighted by atomic mass is 16.5. The molecule has 2 saturated carbocycles. The Balaban J connectivity index is 1.45. The van der Waals surface area contributed by atoms with Crippen LogP contribution in [0, 0.1) is 24.7 Å². The van der Waals surface area contributed by atoms with E-state index < -0.39 is 41.3 Å². The number of amides is 1. The Morgan fingerprint density at radius 3 is 2.40 bits per heavy atom. The fraction of sp³-hybridized carbons (Fsp3) is 0.406. The quantitative estimate of drug-likeness (QED) is 0.248. The molecule has 11 nitrogen and oxygen atoms in total. The zero-order chi connectivity index (χ0) is 30.9. The number of aromatic nitrogens is 2. The summed E-state index contributed by atoms with van der Waals surface area (Å²) in [6, 6.07) is 10.9.